The Morgan fingerprint density at radius 2 is 1.42 bits per heavy atom. The Morgan fingerprint density at radius 1 is 0.788 bits per heavy atom. The first kappa shape index (κ1) is 22.7. The van der Waals surface area contributed by atoms with E-state index in [-0.39, 0.29) is 5.41 Å². The van der Waals surface area contributed by atoms with Crippen LogP contribution in [0, 0.1) is 0 Å². The average molecular weight is 446 g/mol. The number of benzene rings is 3. The first-order valence-electron chi connectivity index (χ1n) is 11.2. The zero-order valence-electron chi connectivity index (χ0n) is 20.4. The topological polar surface area (TPSA) is 36.5 Å². The average Bonchev–Trinajstić information content (AvgIpc) is 3.15. The van der Waals surface area contributed by atoms with Gasteiger partial charge in [0.15, 0.2) is 22.5 Å². The van der Waals surface area contributed by atoms with Gasteiger partial charge in [-0.25, -0.2) is 9.13 Å². The number of hydrogen-bond acceptors (Lipinski definition) is 3. The van der Waals surface area contributed by atoms with Crippen molar-refractivity contribution >= 4 is 11.0 Å². The molecule has 3 aromatic carbocycles. The molecular formula is C28H33N2O3+. The summed E-state index contributed by atoms with van der Waals surface area (Å²) in [7, 11) is 4.91. The third-order valence-electron chi connectivity index (χ3n) is 6.03. The van der Waals surface area contributed by atoms with Gasteiger partial charge in [-0.1, -0.05) is 57.2 Å². The summed E-state index contributed by atoms with van der Waals surface area (Å²) in [6.07, 6.45) is 2.19. The molecule has 0 atom stereocenters. The number of hydrogen-bond donors (Lipinski definition) is 0. The van der Waals surface area contributed by atoms with Crippen LogP contribution in [0.1, 0.15) is 37.5 Å². The predicted octanol–water partition coefficient (Wildman–Crippen LogP) is 5.35. The molecule has 0 spiro atoms. The van der Waals surface area contributed by atoms with Gasteiger partial charge < -0.3 is 14.2 Å². The number of methoxy groups -OCH3 is 3. The lowest BCUT2D eigenvalue weighted by Gasteiger charge is -2.18. The van der Waals surface area contributed by atoms with Crippen LogP contribution < -0.4 is 18.8 Å². The maximum Gasteiger partial charge on any atom is 0.245 e. The number of nitrogens with zero attached hydrogens (tertiary/aromatic N) is 2. The molecule has 172 valence electrons. The maximum atomic E-state index is 5.54. The SMILES string of the molecule is COc1cc(C[n+]2cn(Cc3ccc(C(C)(C)C)cc3)c3ccccc32)cc(OC)c1OC. The van der Waals surface area contributed by atoms with Crippen LogP contribution in [0.4, 0.5) is 0 Å². The second kappa shape index (κ2) is 9.18. The number of imidazole rings is 1. The van der Waals surface area contributed by atoms with E-state index in [0.717, 1.165) is 12.1 Å². The number of rotatable bonds is 7. The van der Waals surface area contributed by atoms with Crippen molar-refractivity contribution in [1.82, 2.24) is 4.57 Å². The van der Waals surface area contributed by atoms with E-state index in [1.807, 2.05) is 12.1 Å². The molecule has 1 heterocycles. The smallest absolute Gasteiger partial charge is 0.245 e. The number of para-hydroxylation sites is 2. The summed E-state index contributed by atoms with van der Waals surface area (Å²) in [5.41, 5.74) is 6.24. The predicted molar refractivity (Wildman–Crippen MR) is 132 cm³/mol. The Kier molecular flexibility index (Phi) is 6.32. The molecule has 0 unspecified atom stereocenters. The fourth-order valence-electron chi connectivity index (χ4n) is 4.22. The van der Waals surface area contributed by atoms with Gasteiger partial charge in [-0.05, 0) is 40.8 Å². The fourth-order valence-corrected chi connectivity index (χ4v) is 4.22. The standard InChI is InChI=1S/C28H33N2O3/c1-28(2,3)22-13-11-20(12-14-22)17-29-19-30(24-10-8-7-9-23(24)29)18-21-15-25(31-4)27(33-6)26(16-21)32-5/h7-16,19H,17-18H2,1-6H3/q+1. The summed E-state index contributed by atoms with van der Waals surface area (Å²) in [6, 6.07) is 21.5. The molecule has 33 heavy (non-hydrogen) atoms. The normalized spacial score (nSPS) is 11.6. The Labute approximate surface area is 196 Å². The zero-order chi connectivity index (χ0) is 23.6. The summed E-state index contributed by atoms with van der Waals surface area (Å²) in [4.78, 5) is 0. The second-order valence-corrected chi connectivity index (χ2v) is 9.34. The lowest BCUT2D eigenvalue weighted by Crippen LogP contribution is -2.32. The van der Waals surface area contributed by atoms with Crippen LogP contribution in [0.15, 0.2) is 67.0 Å². The van der Waals surface area contributed by atoms with Crippen LogP contribution >= 0.6 is 0 Å². The van der Waals surface area contributed by atoms with Crippen LogP contribution in [0.25, 0.3) is 11.0 Å². The van der Waals surface area contributed by atoms with Gasteiger partial charge in [-0.2, -0.15) is 0 Å². The van der Waals surface area contributed by atoms with Crippen molar-refractivity contribution in [3.05, 3.63) is 83.7 Å². The molecule has 5 nitrogen and oxygen atoms in total. The van der Waals surface area contributed by atoms with E-state index in [1.165, 1.54) is 22.2 Å². The first-order valence-corrected chi connectivity index (χ1v) is 11.2. The minimum Gasteiger partial charge on any atom is -0.493 e. The molecular weight excluding hydrogens is 412 g/mol. The molecule has 0 aliphatic rings. The third-order valence-corrected chi connectivity index (χ3v) is 6.03. The van der Waals surface area contributed by atoms with Gasteiger partial charge in [0.05, 0.1) is 21.3 Å². The van der Waals surface area contributed by atoms with E-state index in [0.29, 0.717) is 23.8 Å². The van der Waals surface area contributed by atoms with Gasteiger partial charge in [0.2, 0.25) is 12.1 Å². The van der Waals surface area contributed by atoms with Crippen LogP contribution in [0.5, 0.6) is 17.2 Å². The van der Waals surface area contributed by atoms with Crippen LogP contribution in [-0.4, -0.2) is 25.9 Å². The van der Waals surface area contributed by atoms with Gasteiger partial charge in [0.25, 0.3) is 0 Å². The molecule has 1 aromatic heterocycles. The quantitative estimate of drug-likeness (QED) is 0.360. The summed E-state index contributed by atoms with van der Waals surface area (Å²) >= 11 is 0. The highest BCUT2D eigenvalue weighted by Crippen LogP contribution is 2.38. The molecule has 0 fully saturated rings. The zero-order valence-corrected chi connectivity index (χ0v) is 20.4. The Bertz CT molecular complexity index is 1230. The monoisotopic (exact) mass is 445 g/mol. The van der Waals surface area contributed by atoms with Crippen molar-refractivity contribution in [3.63, 3.8) is 0 Å². The second-order valence-electron chi connectivity index (χ2n) is 9.34. The summed E-state index contributed by atoms with van der Waals surface area (Å²) in [5, 5.41) is 0. The van der Waals surface area contributed by atoms with Gasteiger partial charge >= 0.3 is 0 Å². The van der Waals surface area contributed by atoms with E-state index in [4.69, 9.17) is 14.2 Å². The molecule has 0 bridgehead atoms. The van der Waals surface area contributed by atoms with Crippen molar-refractivity contribution in [3.8, 4) is 17.2 Å². The van der Waals surface area contributed by atoms with Gasteiger partial charge in [0.1, 0.15) is 13.1 Å². The van der Waals surface area contributed by atoms with Crippen molar-refractivity contribution < 1.29 is 18.8 Å². The molecule has 0 N–H and O–H groups in total. The van der Waals surface area contributed by atoms with E-state index in [2.05, 4.69) is 84.8 Å². The lowest BCUT2D eigenvalue weighted by molar-refractivity contribution is -0.663. The molecule has 0 amide bonds. The lowest BCUT2D eigenvalue weighted by atomic mass is 9.87. The van der Waals surface area contributed by atoms with Crippen molar-refractivity contribution in [2.24, 2.45) is 0 Å². The summed E-state index contributed by atoms with van der Waals surface area (Å²) in [5.74, 6) is 1.93. The minimum atomic E-state index is 0.155. The molecule has 0 aliphatic heterocycles. The van der Waals surface area contributed by atoms with Crippen molar-refractivity contribution in [2.75, 3.05) is 21.3 Å². The largest absolute Gasteiger partial charge is 0.493 e. The third kappa shape index (κ3) is 4.68. The Hall–Kier alpha value is -3.47. The Balaban J connectivity index is 1.68. The molecule has 0 aliphatic carbocycles. The molecule has 0 radical (unpaired) electrons. The number of aromatic nitrogens is 2. The Morgan fingerprint density at radius 3 is 2.00 bits per heavy atom. The maximum absolute atomic E-state index is 5.54. The molecule has 4 aromatic rings. The van der Waals surface area contributed by atoms with Crippen molar-refractivity contribution in [1.29, 1.82) is 0 Å². The van der Waals surface area contributed by atoms with Gasteiger partial charge in [-0.3, -0.25) is 0 Å². The molecule has 0 saturated heterocycles. The highest BCUT2D eigenvalue weighted by molar-refractivity contribution is 5.71. The van der Waals surface area contributed by atoms with Crippen LogP contribution in [0.2, 0.25) is 0 Å². The van der Waals surface area contributed by atoms with E-state index in [1.54, 1.807) is 21.3 Å². The van der Waals surface area contributed by atoms with E-state index in [9.17, 15) is 0 Å². The van der Waals surface area contributed by atoms with Gasteiger partial charge in [-0.15, -0.1) is 0 Å². The number of fused-ring (bicyclic) bond motifs is 1. The highest BCUT2D eigenvalue weighted by Gasteiger charge is 2.19. The molecule has 5 heteroatoms. The minimum absolute atomic E-state index is 0.155. The summed E-state index contributed by atoms with van der Waals surface area (Å²) < 4.78 is 21.1. The van der Waals surface area contributed by atoms with Crippen molar-refractivity contribution in [2.45, 2.75) is 39.3 Å². The van der Waals surface area contributed by atoms with Crippen LogP contribution in [0.3, 0.4) is 0 Å². The summed E-state index contributed by atoms with van der Waals surface area (Å²) in [6.45, 7) is 8.23. The van der Waals surface area contributed by atoms with Gasteiger partial charge in [0, 0.05) is 5.56 Å². The number of ether oxygens (including phenoxy) is 3. The fraction of sp³-hybridized carbons (Fsp3) is 0.321. The van der Waals surface area contributed by atoms with E-state index >= 15 is 0 Å². The van der Waals surface area contributed by atoms with E-state index < -0.39 is 0 Å². The van der Waals surface area contributed by atoms with Crippen LogP contribution in [-0.2, 0) is 18.5 Å². The first-order chi connectivity index (χ1) is 15.8. The molecule has 0 saturated carbocycles. The molecule has 4 rings (SSSR count). The highest BCUT2D eigenvalue weighted by atomic mass is 16.5.